The smallest absolute Gasteiger partial charge is 0.229 e. The Bertz CT molecular complexity index is 622. The third kappa shape index (κ3) is 2.32. The van der Waals surface area contributed by atoms with Crippen molar-refractivity contribution < 1.29 is 4.79 Å². The van der Waals surface area contributed by atoms with E-state index in [4.69, 9.17) is 5.73 Å². The third-order valence-electron chi connectivity index (χ3n) is 3.79. The first-order valence-electron chi connectivity index (χ1n) is 6.77. The van der Waals surface area contributed by atoms with E-state index in [0.29, 0.717) is 12.4 Å². The number of nitrogens with two attached hydrogens (primary N) is 1. The summed E-state index contributed by atoms with van der Waals surface area (Å²) in [5.41, 5.74) is 9.06. The molecule has 0 atom stereocenters. The molecule has 0 saturated heterocycles. The quantitative estimate of drug-likeness (QED) is 0.881. The molecule has 5 heteroatoms. The van der Waals surface area contributed by atoms with Gasteiger partial charge in [-0.05, 0) is 24.0 Å². The molecule has 20 heavy (non-hydrogen) atoms. The molecule has 3 rings (SSSR count). The molecule has 1 heterocycles. The van der Waals surface area contributed by atoms with Gasteiger partial charge in [-0.25, -0.2) is 0 Å². The van der Waals surface area contributed by atoms with E-state index >= 15 is 0 Å². The molecule has 1 aromatic heterocycles. The van der Waals surface area contributed by atoms with Crippen LogP contribution in [0.1, 0.15) is 16.7 Å². The summed E-state index contributed by atoms with van der Waals surface area (Å²) in [6, 6.07) is 8.22. The molecule has 1 aliphatic rings. The van der Waals surface area contributed by atoms with E-state index in [0.717, 1.165) is 18.4 Å². The molecule has 0 spiro atoms. The van der Waals surface area contributed by atoms with Crippen molar-refractivity contribution in [2.45, 2.75) is 19.4 Å². The van der Waals surface area contributed by atoms with E-state index in [-0.39, 0.29) is 11.8 Å². The van der Waals surface area contributed by atoms with Gasteiger partial charge in [0, 0.05) is 31.3 Å². The Morgan fingerprint density at radius 1 is 1.40 bits per heavy atom. The summed E-state index contributed by atoms with van der Waals surface area (Å²) in [5, 5.41) is 7.15. The van der Waals surface area contributed by atoms with Crippen LogP contribution in [0, 0.1) is 5.92 Å². The number of amides is 1. The van der Waals surface area contributed by atoms with Crippen molar-refractivity contribution >= 4 is 11.7 Å². The minimum Gasteiger partial charge on any atom is -0.326 e. The standard InChI is InChI=1S/C15H18N4O/c1-19-9-13(8-16)14(18-19)17-15(20)12-6-10-4-2-3-5-11(10)7-12/h2-5,9,12H,6-8,16H2,1H3,(H,17,18,20). The largest absolute Gasteiger partial charge is 0.326 e. The zero-order chi connectivity index (χ0) is 14.1. The highest BCUT2D eigenvalue weighted by Crippen LogP contribution is 2.27. The van der Waals surface area contributed by atoms with E-state index in [1.54, 1.807) is 4.68 Å². The van der Waals surface area contributed by atoms with Gasteiger partial charge in [0.15, 0.2) is 5.82 Å². The van der Waals surface area contributed by atoms with Crippen LogP contribution in [0.5, 0.6) is 0 Å². The summed E-state index contributed by atoms with van der Waals surface area (Å²) in [6.45, 7) is 0.369. The zero-order valence-electron chi connectivity index (χ0n) is 11.5. The number of hydrogen-bond acceptors (Lipinski definition) is 3. The summed E-state index contributed by atoms with van der Waals surface area (Å²) in [5.74, 6) is 0.589. The number of nitrogens with zero attached hydrogens (tertiary/aromatic N) is 2. The molecule has 3 N–H and O–H groups in total. The van der Waals surface area contributed by atoms with E-state index in [2.05, 4.69) is 22.5 Å². The molecule has 1 aromatic carbocycles. The number of rotatable bonds is 3. The molecule has 0 aliphatic heterocycles. The number of benzene rings is 1. The second-order valence-electron chi connectivity index (χ2n) is 5.24. The number of hydrogen-bond donors (Lipinski definition) is 2. The number of fused-ring (bicyclic) bond motifs is 1. The summed E-state index contributed by atoms with van der Waals surface area (Å²) >= 11 is 0. The van der Waals surface area contributed by atoms with Crippen LogP contribution >= 0.6 is 0 Å². The van der Waals surface area contributed by atoms with Crippen molar-refractivity contribution in [3.8, 4) is 0 Å². The minimum absolute atomic E-state index is 0.0139. The van der Waals surface area contributed by atoms with Crippen LogP contribution in [0.3, 0.4) is 0 Å². The van der Waals surface area contributed by atoms with Gasteiger partial charge in [-0.1, -0.05) is 24.3 Å². The van der Waals surface area contributed by atoms with Gasteiger partial charge in [0.2, 0.25) is 5.91 Å². The Balaban J connectivity index is 1.72. The molecule has 5 nitrogen and oxygen atoms in total. The van der Waals surface area contributed by atoms with E-state index in [1.165, 1.54) is 11.1 Å². The first kappa shape index (κ1) is 12.9. The summed E-state index contributed by atoms with van der Waals surface area (Å²) < 4.78 is 1.67. The number of carbonyl (C=O) groups excluding carboxylic acids is 1. The topological polar surface area (TPSA) is 72.9 Å². The molecule has 2 aromatic rings. The van der Waals surface area contributed by atoms with Crippen molar-refractivity contribution in [1.82, 2.24) is 9.78 Å². The second kappa shape index (κ2) is 5.09. The zero-order valence-corrected chi connectivity index (χ0v) is 11.5. The Labute approximate surface area is 117 Å². The summed E-state index contributed by atoms with van der Waals surface area (Å²) in [7, 11) is 1.82. The normalized spacial score (nSPS) is 14.3. The molecule has 0 fully saturated rings. The molecule has 0 bridgehead atoms. The van der Waals surface area contributed by atoms with Crippen LogP contribution in [0.15, 0.2) is 30.5 Å². The van der Waals surface area contributed by atoms with Gasteiger partial charge in [0.25, 0.3) is 0 Å². The fourth-order valence-corrected chi connectivity index (χ4v) is 2.76. The lowest BCUT2D eigenvalue weighted by Crippen LogP contribution is -2.24. The maximum absolute atomic E-state index is 12.4. The predicted molar refractivity (Wildman–Crippen MR) is 77.1 cm³/mol. The van der Waals surface area contributed by atoms with Crippen LogP contribution in [-0.2, 0) is 31.2 Å². The van der Waals surface area contributed by atoms with Crippen molar-refractivity contribution in [3.63, 3.8) is 0 Å². The van der Waals surface area contributed by atoms with Crippen LogP contribution in [0.25, 0.3) is 0 Å². The fraction of sp³-hybridized carbons (Fsp3) is 0.333. The molecule has 1 aliphatic carbocycles. The van der Waals surface area contributed by atoms with Crippen LogP contribution in [0.2, 0.25) is 0 Å². The lowest BCUT2D eigenvalue weighted by molar-refractivity contribution is -0.119. The number of aryl methyl sites for hydroxylation is 1. The van der Waals surface area contributed by atoms with Gasteiger partial charge in [0.05, 0.1) is 0 Å². The third-order valence-corrected chi connectivity index (χ3v) is 3.79. The van der Waals surface area contributed by atoms with Gasteiger partial charge in [-0.3, -0.25) is 9.48 Å². The van der Waals surface area contributed by atoms with Crippen molar-refractivity contribution in [2.75, 3.05) is 5.32 Å². The van der Waals surface area contributed by atoms with Crippen LogP contribution in [0.4, 0.5) is 5.82 Å². The van der Waals surface area contributed by atoms with Gasteiger partial charge < -0.3 is 11.1 Å². The predicted octanol–water partition coefficient (Wildman–Crippen LogP) is 1.23. The molecule has 0 saturated carbocycles. The molecule has 104 valence electrons. The van der Waals surface area contributed by atoms with E-state index < -0.39 is 0 Å². The number of carbonyl (C=O) groups is 1. The average Bonchev–Trinajstić information content (AvgIpc) is 3.01. The highest BCUT2D eigenvalue weighted by Gasteiger charge is 2.27. The van der Waals surface area contributed by atoms with Crippen LogP contribution < -0.4 is 11.1 Å². The van der Waals surface area contributed by atoms with Crippen molar-refractivity contribution in [3.05, 3.63) is 47.2 Å². The molecule has 0 unspecified atom stereocenters. The van der Waals surface area contributed by atoms with Gasteiger partial charge in [-0.2, -0.15) is 5.10 Å². The average molecular weight is 270 g/mol. The number of nitrogens with one attached hydrogen (secondary N) is 1. The van der Waals surface area contributed by atoms with E-state index in [1.807, 2.05) is 25.4 Å². The lowest BCUT2D eigenvalue weighted by Gasteiger charge is -2.09. The molecular formula is C15H18N4O. The lowest BCUT2D eigenvalue weighted by atomic mass is 10.1. The number of anilines is 1. The van der Waals surface area contributed by atoms with Gasteiger partial charge >= 0.3 is 0 Å². The van der Waals surface area contributed by atoms with E-state index in [9.17, 15) is 4.79 Å². The Morgan fingerprint density at radius 3 is 2.65 bits per heavy atom. The van der Waals surface area contributed by atoms with Crippen LogP contribution in [-0.4, -0.2) is 15.7 Å². The second-order valence-corrected chi connectivity index (χ2v) is 5.24. The summed E-state index contributed by atoms with van der Waals surface area (Å²) in [4.78, 5) is 12.4. The highest BCUT2D eigenvalue weighted by atomic mass is 16.2. The van der Waals surface area contributed by atoms with Gasteiger partial charge in [-0.15, -0.1) is 0 Å². The Hall–Kier alpha value is -2.14. The number of aromatic nitrogens is 2. The SMILES string of the molecule is Cn1cc(CN)c(NC(=O)C2Cc3ccccc3C2)n1. The maximum Gasteiger partial charge on any atom is 0.229 e. The maximum atomic E-state index is 12.4. The Morgan fingerprint density at radius 2 is 2.05 bits per heavy atom. The highest BCUT2D eigenvalue weighted by molar-refractivity contribution is 5.93. The molecular weight excluding hydrogens is 252 g/mol. The fourth-order valence-electron chi connectivity index (χ4n) is 2.76. The van der Waals surface area contributed by atoms with Crippen molar-refractivity contribution in [1.29, 1.82) is 0 Å². The Kier molecular flexibility index (Phi) is 3.28. The molecule has 1 amide bonds. The first-order chi connectivity index (χ1) is 9.67. The summed E-state index contributed by atoms with van der Waals surface area (Å²) in [6.07, 6.45) is 3.43. The van der Waals surface area contributed by atoms with Crippen molar-refractivity contribution in [2.24, 2.45) is 18.7 Å². The monoisotopic (exact) mass is 270 g/mol. The minimum atomic E-state index is -0.0139. The molecule has 0 radical (unpaired) electrons. The first-order valence-corrected chi connectivity index (χ1v) is 6.77. The van der Waals surface area contributed by atoms with Gasteiger partial charge in [0.1, 0.15) is 0 Å².